The summed E-state index contributed by atoms with van der Waals surface area (Å²) in [5.41, 5.74) is 24.1. The number of ketones is 1. The maximum absolute atomic E-state index is 11.8. The summed E-state index contributed by atoms with van der Waals surface area (Å²) < 4.78 is 33.1. The number of fused-ring (bicyclic) bond motifs is 6. The molecule has 0 amide bonds. The number of methoxy groups -OCH3 is 1. The molecule has 22 aromatic rings. The van der Waals surface area contributed by atoms with Crippen LogP contribution in [0, 0.1) is 66.1 Å². The Kier molecular flexibility index (Phi) is 28.3. The molecule has 6 aromatic heterocycles. The van der Waals surface area contributed by atoms with Gasteiger partial charge in [0.25, 0.3) is 0 Å². The Balaban J connectivity index is 0.000000119. The van der Waals surface area contributed by atoms with Crippen LogP contribution < -0.4 is 52.3 Å². The number of anilines is 15. The molecule has 7 N–H and O–H groups in total. The van der Waals surface area contributed by atoms with Crippen molar-refractivity contribution in [2.45, 2.75) is 34.6 Å². The van der Waals surface area contributed by atoms with Gasteiger partial charge < -0.3 is 61.4 Å². The number of carbonyl (C=O) groups excluding carboxylic acids is 2. The van der Waals surface area contributed by atoms with Crippen molar-refractivity contribution in [2.24, 2.45) is 0 Å². The molecule has 0 aliphatic rings. The molecule has 708 valence electrons. The van der Waals surface area contributed by atoms with Crippen molar-refractivity contribution in [1.82, 2.24) is 9.97 Å². The number of carbonyl (C=O) groups is 3. The van der Waals surface area contributed by atoms with Crippen molar-refractivity contribution >= 4 is 169 Å². The number of aromatic nitrogens is 2. The Morgan fingerprint density at radius 2 is 0.593 bits per heavy atom. The SMILES string of the molecule is CC(=O)c1cc2ccc(N(c3ccccc3)c3ccccc3)cc2oc1=N.COC(=O)c1cc2ccc(N(c3ccccc3)c3ccccc3)cc2oc1=N.Cc1ccc(N(c2ccc(C)cc2)c2ccc3c(C)c(C#N)c(=N)oc3c2)cc1.Cc1ccc(N(c2ccccc2)c2ccc3cc(-c4nc5ccccc5[nH]4)c(=N)oc3c2)cc1.N=c1oc2cc(N(c3ccccc3)c3ccccc3)ccc2cc1C(=O)O. The first-order valence-corrected chi connectivity index (χ1v) is 46.4. The van der Waals surface area contributed by atoms with Crippen LogP contribution in [0.5, 0.6) is 0 Å². The van der Waals surface area contributed by atoms with Gasteiger partial charge >= 0.3 is 11.9 Å². The number of imidazole rings is 1. The number of benzene rings is 16. The van der Waals surface area contributed by atoms with Crippen molar-refractivity contribution in [3.05, 3.63) is 497 Å². The van der Waals surface area contributed by atoms with Crippen LogP contribution in [-0.4, -0.2) is 39.9 Å². The van der Waals surface area contributed by atoms with Gasteiger partial charge in [0.15, 0.2) is 5.78 Å². The van der Waals surface area contributed by atoms with Crippen molar-refractivity contribution in [3.8, 4) is 17.5 Å². The number of aromatic carboxylic acids is 1. The zero-order valence-electron chi connectivity index (χ0n) is 79.7. The van der Waals surface area contributed by atoms with Crippen LogP contribution in [0.15, 0.2) is 447 Å². The monoisotopic (exact) mass is 1900 g/mol. The van der Waals surface area contributed by atoms with Gasteiger partial charge in [0.1, 0.15) is 56.5 Å². The van der Waals surface area contributed by atoms with Gasteiger partial charge in [-0.2, -0.15) is 5.26 Å². The molecule has 0 aliphatic heterocycles. The second-order valence-electron chi connectivity index (χ2n) is 34.1. The minimum absolute atomic E-state index is 0.0744. The quantitative estimate of drug-likeness (QED) is 0.0292. The molecular formula is C122H95N13O10. The number of para-hydroxylation sites is 9. The number of nitriles is 1. The number of nitrogens with one attached hydrogen (secondary N) is 6. The Bertz CT molecular complexity index is 8510. The lowest BCUT2D eigenvalue weighted by atomic mass is 10.1. The van der Waals surface area contributed by atoms with E-state index in [1.807, 2.05) is 316 Å². The first-order valence-electron chi connectivity index (χ1n) is 46.4. The molecule has 0 atom stereocenters. The minimum Gasteiger partial charge on any atom is -0.477 e. The van der Waals surface area contributed by atoms with Gasteiger partial charge in [-0.05, 0) is 259 Å². The Morgan fingerprint density at radius 3 is 0.924 bits per heavy atom. The van der Waals surface area contributed by atoms with Crippen molar-refractivity contribution in [1.29, 1.82) is 32.3 Å². The van der Waals surface area contributed by atoms with Crippen LogP contribution in [0.1, 0.15) is 65.8 Å². The number of nitrogens with zero attached hydrogens (tertiary/aromatic N) is 7. The Labute approximate surface area is 833 Å². The first kappa shape index (κ1) is 95.5. The molecule has 6 heterocycles. The third-order valence-electron chi connectivity index (χ3n) is 24.2. The maximum atomic E-state index is 11.8. The fourth-order valence-electron chi connectivity index (χ4n) is 17.0. The molecule has 0 bridgehead atoms. The normalized spacial score (nSPS) is 10.8. The van der Waals surface area contributed by atoms with Crippen LogP contribution >= 0.6 is 0 Å². The molecule has 0 saturated heterocycles. The number of ether oxygens (including phenoxy) is 1. The smallest absolute Gasteiger partial charge is 0.343 e. The number of hydrogen-bond donors (Lipinski definition) is 7. The summed E-state index contributed by atoms with van der Waals surface area (Å²) in [6, 6.07) is 141. The zero-order chi connectivity index (χ0) is 101. The molecule has 0 unspecified atom stereocenters. The minimum atomic E-state index is -1.18. The Morgan fingerprint density at radius 1 is 0.317 bits per heavy atom. The fourth-order valence-corrected chi connectivity index (χ4v) is 17.0. The zero-order valence-corrected chi connectivity index (χ0v) is 79.7. The van der Waals surface area contributed by atoms with E-state index >= 15 is 0 Å². The van der Waals surface area contributed by atoms with Crippen LogP contribution in [-0.2, 0) is 4.74 Å². The Hall–Kier alpha value is -19.9. The van der Waals surface area contributed by atoms with Crippen molar-refractivity contribution < 1.29 is 46.3 Å². The predicted octanol–water partition coefficient (Wildman–Crippen LogP) is 29.2. The summed E-state index contributed by atoms with van der Waals surface area (Å²) in [5.74, 6) is -1.31. The van der Waals surface area contributed by atoms with Crippen LogP contribution in [0.3, 0.4) is 0 Å². The summed E-state index contributed by atoms with van der Waals surface area (Å²) >= 11 is 0. The second-order valence-corrected chi connectivity index (χ2v) is 34.1. The molecule has 23 nitrogen and oxygen atoms in total. The molecule has 0 spiro atoms. The average molecular weight is 1900 g/mol. The summed E-state index contributed by atoms with van der Waals surface area (Å²) in [5, 5.41) is 62.8. The molecule has 0 fully saturated rings. The third kappa shape index (κ3) is 21.4. The summed E-state index contributed by atoms with van der Waals surface area (Å²) in [6.07, 6.45) is 0. The number of rotatable bonds is 19. The van der Waals surface area contributed by atoms with Gasteiger partial charge in [0, 0.05) is 143 Å². The number of aromatic amines is 1. The fraction of sp³-hybridized carbons (Fsp3) is 0.0492. The highest BCUT2D eigenvalue weighted by molar-refractivity contribution is 5.99. The average Bonchev–Trinajstić information content (AvgIpc) is 1.49. The molecule has 0 aliphatic carbocycles. The molecule has 23 heteroatoms. The van der Waals surface area contributed by atoms with E-state index in [0.717, 1.165) is 123 Å². The highest BCUT2D eigenvalue weighted by Gasteiger charge is 2.24. The van der Waals surface area contributed by atoms with Crippen LogP contribution in [0.2, 0.25) is 0 Å². The highest BCUT2D eigenvalue weighted by atomic mass is 16.5. The van der Waals surface area contributed by atoms with Crippen molar-refractivity contribution in [2.75, 3.05) is 31.6 Å². The largest absolute Gasteiger partial charge is 0.477 e. The number of carboxylic acid groups (broad SMARTS) is 1. The lowest BCUT2D eigenvalue weighted by Gasteiger charge is -2.26. The summed E-state index contributed by atoms with van der Waals surface area (Å²) in [4.78, 5) is 53.3. The molecule has 0 radical (unpaired) electrons. The first-order chi connectivity index (χ1) is 70.6. The third-order valence-corrected chi connectivity index (χ3v) is 24.2. The number of aryl methyl sites for hydroxylation is 4. The number of esters is 1. The molecule has 16 aromatic carbocycles. The van der Waals surface area contributed by atoms with E-state index in [1.54, 1.807) is 18.2 Å². The van der Waals surface area contributed by atoms with Crippen molar-refractivity contribution in [3.63, 3.8) is 0 Å². The second kappa shape index (κ2) is 43.0. The highest BCUT2D eigenvalue weighted by Crippen LogP contribution is 2.43. The van der Waals surface area contributed by atoms with E-state index in [0.29, 0.717) is 50.3 Å². The summed E-state index contributed by atoms with van der Waals surface area (Å²) in [6.45, 7) is 9.52. The van der Waals surface area contributed by atoms with E-state index in [1.165, 1.54) is 36.8 Å². The van der Waals surface area contributed by atoms with Gasteiger partial charge in [0.2, 0.25) is 27.8 Å². The van der Waals surface area contributed by atoms with E-state index in [-0.39, 0.29) is 50.2 Å². The topological polar surface area (TPSA) is 334 Å². The molecule has 22 rings (SSSR count). The van der Waals surface area contributed by atoms with Gasteiger partial charge in [-0.25, -0.2) is 14.6 Å². The van der Waals surface area contributed by atoms with Gasteiger partial charge in [-0.15, -0.1) is 0 Å². The number of carboxylic acids is 1. The lowest BCUT2D eigenvalue weighted by Crippen LogP contribution is -2.15. The van der Waals surface area contributed by atoms with Gasteiger partial charge in [0.05, 0.1) is 29.3 Å². The predicted molar refractivity (Wildman–Crippen MR) is 571 cm³/mol. The van der Waals surface area contributed by atoms with Gasteiger partial charge in [-0.1, -0.05) is 193 Å². The summed E-state index contributed by atoms with van der Waals surface area (Å²) in [7, 11) is 1.28. The standard InChI is InChI=1S/C29H22N4O.C25H21N3O.C23H18N2O3.C23H18N2O2.C22H16N2O3/c1-19-11-14-22(15-12-19)33(21-7-3-2-4-8-21)23-16-13-20-17-24(28(30)34-27(20)18-23)29-31-25-9-5-6-10-26(25)32-29;1-16-4-8-19(9-5-16)28(20-10-6-17(2)7-11-20)21-12-13-22-18(3)23(15-26)25(27)29-24(22)14-21;1-27-23(26)20-14-16-12-13-19(15-21(16)28-22(20)24)25(17-8-4-2-5-9-17)18-10-6-3-7-11-18;1-16(26)21-14-17-12-13-20(15-22(17)27-23(21)24)25(18-8-4-2-5-9-18)19-10-6-3-7-11-19;23-21-19(22(25)26)13-15-11-12-18(14-20(15)27-21)24(16-7-3-1-4-8-16)17-9-5-2-6-10-17/h2-18,30H,1H3,(H,31,32);4-14,27H,1-3H3;2-15,24H,1H3;2-15,24H,1H3;1-14,23H,(H,25,26). The van der Waals surface area contributed by atoms with E-state index < -0.39 is 11.9 Å². The molecule has 0 saturated carbocycles. The molecular weight excluding hydrogens is 1810 g/mol. The number of Topliss-reactive ketones (excluding diaryl/α,β-unsaturated/α-hetero) is 1. The van der Waals surface area contributed by atoms with Crippen LogP contribution in [0.4, 0.5) is 85.3 Å². The van der Waals surface area contributed by atoms with E-state index in [4.69, 9.17) is 53.9 Å². The van der Waals surface area contributed by atoms with Gasteiger partial charge in [-0.3, -0.25) is 31.8 Å². The van der Waals surface area contributed by atoms with E-state index in [9.17, 15) is 24.8 Å². The lowest BCUT2D eigenvalue weighted by molar-refractivity contribution is 0.0594. The molecule has 145 heavy (non-hydrogen) atoms. The number of hydrogen-bond acceptors (Lipinski definition) is 21. The van der Waals surface area contributed by atoms with E-state index in [2.05, 4.69) is 152 Å². The number of H-pyrrole nitrogens is 1. The maximum Gasteiger partial charge on any atom is 0.343 e. The van der Waals surface area contributed by atoms with Crippen LogP contribution in [0.25, 0.3) is 77.3 Å².